The fourth-order valence-electron chi connectivity index (χ4n) is 6.42. The molecule has 0 heterocycles. The van der Waals surface area contributed by atoms with Crippen LogP contribution in [0.25, 0.3) is 0 Å². The third kappa shape index (κ3) is 41.3. The number of allylic oxidation sites excluding steroid dienone is 18. The summed E-state index contributed by atoms with van der Waals surface area (Å²) in [4.78, 5) is 37.1. The van der Waals surface area contributed by atoms with Crippen LogP contribution in [0, 0.1) is 0 Å². The van der Waals surface area contributed by atoms with Gasteiger partial charge >= 0.3 is 17.9 Å². The Hall–Kier alpha value is -4.01. The van der Waals surface area contributed by atoms with E-state index in [0.29, 0.717) is 19.3 Å². The number of carbonyl (C=O) groups excluding carboxylic acids is 2. The Labute approximate surface area is 378 Å². The summed E-state index contributed by atoms with van der Waals surface area (Å²) >= 11 is 0. The van der Waals surface area contributed by atoms with Crippen molar-refractivity contribution >= 4 is 17.9 Å². The smallest absolute Gasteiger partial charge is 0.362 e. The molecular weight excluding hydrogens is 775 g/mol. The molecular formula is C54H88NO7+. The van der Waals surface area contributed by atoms with E-state index in [1.807, 2.05) is 94.1 Å². The van der Waals surface area contributed by atoms with Crippen molar-refractivity contribution < 1.29 is 38.2 Å². The van der Waals surface area contributed by atoms with Gasteiger partial charge in [-0.25, -0.2) is 4.79 Å². The molecule has 350 valence electrons. The van der Waals surface area contributed by atoms with Gasteiger partial charge in [-0.1, -0.05) is 194 Å². The third-order valence-electron chi connectivity index (χ3n) is 10.1. The zero-order valence-corrected chi connectivity index (χ0v) is 39.8. The number of carboxylic acid groups (broad SMARTS) is 1. The first-order valence-electron chi connectivity index (χ1n) is 24.0. The van der Waals surface area contributed by atoms with Crippen molar-refractivity contribution in [1.82, 2.24) is 0 Å². The number of hydrogen-bond donors (Lipinski definition) is 1. The average molecular weight is 863 g/mol. The summed E-state index contributed by atoms with van der Waals surface area (Å²) in [6.07, 6.45) is 59.8. The molecule has 0 aliphatic carbocycles. The van der Waals surface area contributed by atoms with Gasteiger partial charge in [0.1, 0.15) is 6.61 Å². The number of hydrogen-bond acceptors (Lipinski definition) is 6. The molecule has 0 spiro atoms. The second-order valence-electron chi connectivity index (χ2n) is 16.8. The zero-order valence-electron chi connectivity index (χ0n) is 39.8. The van der Waals surface area contributed by atoms with Crippen LogP contribution in [0.2, 0.25) is 0 Å². The quantitative estimate of drug-likeness (QED) is 0.0283. The van der Waals surface area contributed by atoms with Crippen LogP contribution in [-0.4, -0.2) is 80.6 Å². The Balaban J connectivity index is 4.42. The Morgan fingerprint density at radius 2 is 0.903 bits per heavy atom. The van der Waals surface area contributed by atoms with E-state index in [0.717, 1.165) is 57.8 Å². The van der Waals surface area contributed by atoms with E-state index >= 15 is 0 Å². The van der Waals surface area contributed by atoms with E-state index in [2.05, 4.69) is 50.3 Å². The minimum atomic E-state index is -0.887. The monoisotopic (exact) mass is 863 g/mol. The normalized spacial score (nSPS) is 13.9. The van der Waals surface area contributed by atoms with Crippen molar-refractivity contribution in [3.63, 3.8) is 0 Å². The predicted molar refractivity (Wildman–Crippen MR) is 261 cm³/mol. The predicted octanol–water partition coefficient (Wildman–Crippen LogP) is 13.6. The molecule has 0 aliphatic rings. The molecule has 8 nitrogen and oxygen atoms in total. The van der Waals surface area contributed by atoms with Crippen molar-refractivity contribution in [3.05, 3.63) is 109 Å². The number of aliphatic carboxylic acids is 1. The van der Waals surface area contributed by atoms with E-state index in [-0.39, 0.29) is 36.2 Å². The van der Waals surface area contributed by atoms with Gasteiger partial charge in [0.15, 0.2) is 12.1 Å². The van der Waals surface area contributed by atoms with Gasteiger partial charge in [0.25, 0.3) is 0 Å². The highest BCUT2D eigenvalue weighted by Crippen LogP contribution is 2.14. The second kappa shape index (κ2) is 43.6. The third-order valence-corrected chi connectivity index (χ3v) is 10.1. The van der Waals surface area contributed by atoms with Crippen molar-refractivity contribution in [2.24, 2.45) is 0 Å². The molecule has 62 heavy (non-hydrogen) atoms. The van der Waals surface area contributed by atoms with Gasteiger partial charge in [-0.2, -0.15) is 0 Å². The number of nitrogens with zero attached hydrogens (tertiary/aromatic N) is 1. The number of rotatable bonds is 41. The van der Waals surface area contributed by atoms with E-state index in [4.69, 9.17) is 14.2 Å². The van der Waals surface area contributed by atoms with E-state index in [1.165, 1.54) is 70.6 Å². The van der Waals surface area contributed by atoms with Crippen LogP contribution >= 0.6 is 0 Å². The van der Waals surface area contributed by atoms with Gasteiger partial charge in [-0.05, 0) is 57.8 Å². The Morgan fingerprint density at radius 1 is 0.500 bits per heavy atom. The largest absolute Gasteiger partial charge is 0.477 e. The number of carbonyl (C=O) groups is 3. The van der Waals surface area contributed by atoms with Crippen LogP contribution in [0.5, 0.6) is 0 Å². The Bertz CT molecular complexity index is 1370. The number of esters is 2. The van der Waals surface area contributed by atoms with Crippen LogP contribution < -0.4 is 0 Å². The molecule has 0 fully saturated rings. The fraction of sp³-hybridized carbons (Fsp3) is 0.611. The first-order valence-corrected chi connectivity index (χ1v) is 24.0. The highest BCUT2D eigenvalue weighted by molar-refractivity contribution is 5.72. The van der Waals surface area contributed by atoms with E-state index in [1.54, 1.807) is 0 Å². The molecule has 0 aromatic rings. The first-order chi connectivity index (χ1) is 30.1. The minimum Gasteiger partial charge on any atom is -0.477 e. The summed E-state index contributed by atoms with van der Waals surface area (Å²) < 4.78 is 17.3. The molecule has 0 radical (unpaired) electrons. The minimum absolute atomic E-state index is 0.0373. The maximum Gasteiger partial charge on any atom is 0.362 e. The van der Waals surface area contributed by atoms with Gasteiger partial charge in [0.05, 0.1) is 34.4 Å². The number of unbranched alkanes of at least 4 members (excludes halogenated alkanes) is 16. The summed E-state index contributed by atoms with van der Waals surface area (Å²) in [7, 11) is 5.50. The summed E-state index contributed by atoms with van der Waals surface area (Å²) in [6, 6.07) is -0.630. The lowest BCUT2D eigenvalue weighted by Gasteiger charge is -2.31. The van der Waals surface area contributed by atoms with Crippen LogP contribution in [0.4, 0.5) is 0 Å². The highest BCUT2D eigenvalue weighted by Gasteiger charge is 2.31. The number of ether oxygens (including phenoxy) is 3. The van der Waals surface area contributed by atoms with E-state index in [9.17, 15) is 19.5 Å². The lowest BCUT2D eigenvalue weighted by atomic mass is 10.1. The SMILES string of the molecule is CC/C=C/C=C/C=C/C=C/C=C/C=C/C=C/CCCCCC(=O)OCC(COCCC(C(=O)O)[N+](C)(C)C)OC(=O)CCCCCCCCCCCC/C=C/C=C/CCCCC. The summed E-state index contributed by atoms with van der Waals surface area (Å²) in [6.45, 7) is 4.50. The maximum absolute atomic E-state index is 12.8. The van der Waals surface area contributed by atoms with E-state index < -0.39 is 18.1 Å². The van der Waals surface area contributed by atoms with Gasteiger partial charge in [0, 0.05) is 19.3 Å². The molecule has 8 heteroatoms. The summed E-state index contributed by atoms with van der Waals surface area (Å²) in [5.74, 6) is -1.54. The van der Waals surface area contributed by atoms with Gasteiger partial charge in [-0.3, -0.25) is 9.59 Å². The molecule has 2 atom stereocenters. The number of likely N-dealkylation sites (N-methyl/N-ethyl adjacent to an activating group) is 1. The van der Waals surface area contributed by atoms with Crippen molar-refractivity contribution in [2.75, 3.05) is 41.0 Å². The molecule has 0 saturated carbocycles. The summed E-state index contributed by atoms with van der Waals surface area (Å²) in [5, 5.41) is 9.64. The number of carboxylic acids is 1. The zero-order chi connectivity index (χ0) is 45.6. The molecule has 0 aliphatic heterocycles. The Morgan fingerprint density at radius 3 is 1.37 bits per heavy atom. The summed E-state index contributed by atoms with van der Waals surface area (Å²) in [5.41, 5.74) is 0. The van der Waals surface area contributed by atoms with Crippen LogP contribution in [0.1, 0.15) is 162 Å². The van der Waals surface area contributed by atoms with Crippen molar-refractivity contribution in [1.29, 1.82) is 0 Å². The molecule has 1 N–H and O–H groups in total. The molecule has 0 bridgehead atoms. The molecule has 0 aromatic carbocycles. The standard InChI is InChI=1S/C54H87NO7/c1-6-8-10-12-14-16-18-20-22-24-26-28-30-32-34-36-38-40-42-44-52(56)61-49-50(48-60-47-46-51(54(58)59)55(3,4)5)62-53(57)45-43-41-39-37-35-33-31-29-27-25-23-21-19-17-15-13-11-9-7-2/h8,10,12,14-22,24,26,28,30,32,34,50-51H,6-7,9,11,13,23,25,27,29,31,33,35-49H2,1-5H3/p+1/b10-8+,14-12+,17-15+,18-16+,21-19+,22-20+,26-24+,30-28+,34-32+. The number of quaternary nitrogens is 1. The molecule has 0 aromatic heterocycles. The topological polar surface area (TPSA) is 99.1 Å². The lowest BCUT2D eigenvalue weighted by molar-refractivity contribution is -0.887. The molecule has 2 unspecified atom stereocenters. The first kappa shape index (κ1) is 58.0. The Kier molecular flexibility index (Phi) is 40.8. The van der Waals surface area contributed by atoms with Crippen LogP contribution in [0.3, 0.4) is 0 Å². The lowest BCUT2D eigenvalue weighted by Crippen LogP contribution is -2.50. The van der Waals surface area contributed by atoms with Crippen molar-refractivity contribution in [2.45, 2.75) is 174 Å². The van der Waals surface area contributed by atoms with Gasteiger partial charge < -0.3 is 23.8 Å². The van der Waals surface area contributed by atoms with Crippen molar-refractivity contribution in [3.8, 4) is 0 Å². The molecule has 0 rings (SSSR count). The van der Waals surface area contributed by atoms with Gasteiger partial charge in [-0.15, -0.1) is 0 Å². The highest BCUT2D eigenvalue weighted by atomic mass is 16.6. The second-order valence-corrected chi connectivity index (χ2v) is 16.8. The van der Waals surface area contributed by atoms with Gasteiger partial charge in [0.2, 0.25) is 0 Å². The average Bonchev–Trinajstić information content (AvgIpc) is 3.23. The fourth-order valence-corrected chi connectivity index (χ4v) is 6.42. The molecule has 0 amide bonds. The maximum atomic E-state index is 12.8. The van der Waals surface area contributed by atoms with Crippen LogP contribution in [0.15, 0.2) is 109 Å². The molecule has 0 saturated heterocycles. The van der Waals surface area contributed by atoms with Crippen LogP contribution in [-0.2, 0) is 28.6 Å².